The third-order valence-electron chi connectivity index (χ3n) is 3.52. The summed E-state index contributed by atoms with van der Waals surface area (Å²) >= 11 is 0. The minimum atomic E-state index is -0.00926. The summed E-state index contributed by atoms with van der Waals surface area (Å²) in [5, 5.41) is 6.36. The van der Waals surface area contributed by atoms with E-state index >= 15 is 0 Å². The number of hydrogen-bond acceptors (Lipinski definition) is 3. The standard InChI is InChI=1S/C11H18N4O/c1-7-3-4-15(6-8(7)2)11(16)9-5-13-14-10(9)12/h5,7-8H,3-4,6H2,1-2H3,(H3,12,13,14). The Morgan fingerprint density at radius 2 is 2.31 bits per heavy atom. The second kappa shape index (κ2) is 4.15. The highest BCUT2D eigenvalue weighted by atomic mass is 16.2. The van der Waals surface area contributed by atoms with Gasteiger partial charge in [-0.25, -0.2) is 0 Å². The Morgan fingerprint density at radius 1 is 1.56 bits per heavy atom. The molecule has 0 bridgehead atoms. The number of anilines is 1. The van der Waals surface area contributed by atoms with Crippen molar-refractivity contribution in [3.63, 3.8) is 0 Å². The molecule has 2 heterocycles. The Morgan fingerprint density at radius 3 is 2.88 bits per heavy atom. The topological polar surface area (TPSA) is 75.0 Å². The Hall–Kier alpha value is -1.52. The number of aromatic amines is 1. The molecular weight excluding hydrogens is 204 g/mol. The van der Waals surface area contributed by atoms with Crippen LogP contribution in [0.4, 0.5) is 5.82 Å². The van der Waals surface area contributed by atoms with E-state index in [2.05, 4.69) is 24.0 Å². The molecule has 1 aliphatic rings. The SMILES string of the molecule is CC1CCN(C(=O)c2cn[nH]c2N)CC1C. The Balaban J connectivity index is 2.09. The molecule has 1 aromatic rings. The summed E-state index contributed by atoms with van der Waals surface area (Å²) in [6.07, 6.45) is 2.56. The highest BCUT2D eigenvalue weighted by Crippen LogP contribution is 2.24. The number of aromatic nitrogens is 2. The van der Waals surface area contributed by atoms with Crippen molar-refractivity contribution in [3.05, 3.63) is 11.8 Å². The number of hydrogen-bond donors (Lipinski definition) is 2. The highest BCUT2D eigenvalue weighted by molar-refractivity contribution is 5.98. The molecule has 5 heteroatoms. The van der Waals surface area contributed by atoms with Gasteiger partial charge in [-0.1, -0.05) is 13.8 Å². The van der Waals surface area contributed by atoms with E-state index < -0.39 is 0 Å². The van der Waals surface area contributed by atoms with E-state index in [1.54, 1.807) is 0 Å². The second-order valence-corrected chi connectivity index (χ2v) is 4.69. The van der Waals surface area contributed by atoms with Gasteiger partial charge in [0, 0.05) is 13.1 Å². The summed E-state index contributed by atoms with van der Waals surface area (Å²) in [6, 6.07) is 0. The molecule has 3 N–H and O–H groups in total. The van der Waals surface area contributed by atoms with E-state index in [4.69, 9.17) is 5.73 Å². The number of H-pyrrole nitrogens is 1. The molecule has 5 nitrogen and oxygen atoms in total. The molecule has 1 fully saturated rings. The zero-order valence-corrected chi connectivity index (χ0v) is 9.73. The largest absolute Gasteiger partial charge is 0.383 e. The van der Waals surface area contributed by atoms with Crippen LogP contribution in [0.2, 0.25) is 0 Å². The first-order chi connectivity index (χ1) is 7.59. The highest BCUT2D eigenvalue weighted by Gasteiger charge is 2.27. The maximum absolute atomic E-state index is 12.1. The van der Waals surface area contributed by atoms with E-state index in [9.17, 15) is 4.79 Å². The molecule has 0 aliphatic carbocycles. The Labute approximate surface area is 95.0 Å². The van der Waals surface area contributed by atoms with Crippen LogP contribution >= 0.6 is 0 Å². The van der Waals surface area contributed by atoms with Crippen molar-refractivity contribution >= 4 is 11.7 Å². The van der Waals surface area contributed by atoms with Crippen LogP contribution < -0.4 is 5.73 Å². The molecule has 1 saturated heterocycles. The fraction of sp³-hybridized carbons (Fsp3) is 0.636. The smallest absolute Gasteiger partial charge is 0.259 e. The summed E-state index contributed by atoms with van der Waals surface area (Å²) in [4.78, 5) is 14.0. The van der Waals surface area contributed by atoms with Gasteiger partial charge in [-0.3, -0.25) is 9.89 Å². The van der Waals surface area contributed by atoms with E-state index in [1.807, 2.05) is 4.90 Å². The van der Waals surface area contributed by atoms with Gasteiger partial charge in [0.05, 0.1) is 6.20 Å². The summed E-state index contributed by atoms with van der Waals surface area (Å²) in [5.74, 6) is 1.58. The molecule has 0 saturated carbocycles. The lowest BCUT2D eigenvalue weighted by Crippen LogP contribution is -2.42. The summed E-state index contributed by atoms with van der Waals surface area (Å²) in [6.45, 7) is 6.04. The number of piperidine rings is 1. The lowest BCUT2D eigenvalue weighted by molar-refractivity contribution is 0.0628. The van der Waals surface area contributed by atoms with Crippen LogP contribution in [0.5, 0.6) is 0 Å². The first kappa shape index (κ1) is 11.0. The molecule has 16 heavy (non-hydrogen) atoms. The van der Waals surface area contributed by atoms with Gasteiger partial charge in [-0.2, -0.15) is 5.10 Å². The quantitative estimate of drug-likeness (QED) is 0.747. The second-order valence-electron chi connectivity index (χ2n) is 4.69. The van der Waals surface area contributed by atoms with Gasteiger partial charge < -0.3 is 10.6 Å². The van der Waals surface area contributed by atoms with Crippen LogP contribution in [0.1, 0.15) is 30.6 Å². The van der Waals surface area contributed by atoms with E-state index in [0.29, 0.717) is 23.2 Å². The molecule has 1 aliphatic heterocycles. The number of nitrogens with one attached hydrogen (secondary N) is 1. The van der Waals surface area contributed by atoms with Gasteiger partial charge in [0.25, 0.3) is 5.91 Å². The van der Waals surface area contributed by atoms with Crippen LogP contribution in [0, 0.1) is 11.8 Å². The first-order valence-corrected chi connectivity index (χ1v) is 5.67. The van der Waals surface area contributed by atoms with Crippen molar-refractivity contribution in [1.82, 2.24) is 15.1 Å². The minimum Gasteiger partial charge on any atom is -0.383 e. The number of nitrogens with zero attached hydrogens (tertiary/aromatic N) is 2. The van der Waals surface area contributed by atoms with Crippen molar-refractivity contribution in [2.24, 2.45) is 11.8 Å². The summed E-state index contributed by atoms with van der Waals surface area (Å²) in [7, 11) is 0. The van der Waals surface area contributed by atoms with Crippen molar-refractivity contribution in [3.8, 4) is 0 Å². The van der Waals surface area contributed by atoms with Gasteiger partial charge in [0.15, 0.2) is 0 Å². The average Bonchev–Trinajstić information content (AvgIpc) is 2.67. The monoisotopic (exact) mass is 222 g/mol. The Kier molecular flexibility index (Phi) is 2.85. The zero-order valence-electron chi connectivity index (χ0n) is 9.73. The molecule has 0 spiro atoms. The van der Waals surface area contributed by atoms with Crippen LogP contribution in [0.3, 0.4) is 0 Å². The summed E-state index contributed by atoms with van der Waals surface area (Å²) < 4.78 is 0. The van der Waals surface area contributed by atoms with Crippen LogP contribution in [0.15, 0.2) is 6.20 Å². The fourth-order valence-corrected chi connectivity index (χ4v) is 2.08. The maximum Gasteiger partial charge on any atom is 0.259 e. The van der Waals surface area contributed by atoms with Crippen molar-refractivity contribution in [2.75, 3.05) is 18.8 Å². The van der Waals surface area contributed by atoms with Gasteiger partial charge in [0.2, 0.25) is 0 Å². The van der Waals surface area contributed by atoms with E-state index in [1.165, 1.54) is 6.20 Å². The lowest BCUT2D eigenvalue weighted by atomic mass is 9.88. The lowest BCUT2D eigenvalue weighted by Gasteiger charge is -2.35. The Bertz CT molecular complexity index is 387. The summed E-state index contributed by atoms with van der Waals surface area (Å²) in [5.41, 5.74) is 6.13. The number of rotatable bonds is 1. The maximum atomic E-state index is 12.1. The van der Waals surface area contributed by atoms with Crippen molar-refractivity contribution in [2.45, 2.75) is 20.3 Å². The van der Waals surface area contributed by atoms with Crippen molar-refractivity contribution < 1.29 is 4.79 Å². The molecule has 88 valence electrons. The molecule has 2 unspecified atom stereocenters. The fourth-order valence-electron chi connectivity index (χ4n) is 2.08. The predicted molar refractivity (Wildman–Crippen MR) is 61.8 cm³/mol. The molecule has 2 rings (SSSR count). The first-order valence-electron chi connectivity index (χ1n) is 5.67. The van der Waals surface area contributed by atoms with E-state index in [-0.39, 0.29) is 5.91 Å². The third kappa shape index (κ3) is 1.89. The normalized spacial score (nSPS) is 25.8. The molecule has 0 radical (unpaired) electrons. The predicted octanol–water partition coefficient (Wildman–Crippen LogP) is 1.11. The van der Waals surface area contributed by atoms with Crippen LogP contribution in [0.25, 0.3) is 0 Å². The average molecular weight is 222 g/mol. The molecular formula is C11H18N4O. The number of nitrogen functional groups attached to an aromatic ring is 1. The molecule has 1 aromatic heterocycles. The third-order valence-corrected chi connectivity index (χ3v) is 3.52. The van der Waals surface area contributed by atoms with E-state index in [0.717, 1.165) is 19.5 Å². The van der Waals surface area contributed by atoms with Gasteiger partial charge in [-0.05, 0) is 18.3 Å². The number of amides is 1. The zero-order chi connectivity index (χ0) is 11.7. The minimum absolute atomic E-state index is 0.00926. The van der Waals surface area contributed by atoms with Gasteiger partial charge in [-0.15, -0.1) is 0 Å². The molecule has 2 atom stereocenters. The van der Waals surface area contributed by atoms with Crippen molar-refractivity contribution in [1.29, 1.82) is 0 Å². The van der Waals surface area contributed by atoms with Gasteiger partial charge >= 0.3 is 0 Å². The molecule has 0 aromatic carbocycles. The number of carbonyl (C=O) groups excluding carboxylic acids is 1. The molecule has 1 amide bonds. The number of carbonyl (C=O) groups is 1. The number of likely N-dealkylation sites (tertiary alicyclic amines) is 1. The number of nitrogens with two attached hydrogens (primary N) is 1. The van der Waals surface area contributed by atoms with Gasteiger partial charge in [0.1, 0.15) is 11.4 Å². The van der Waals surface area contributed by atoms with Crippen LogP contribution in [-0.4, -0.2) is 34.1 Å². The van der Waals surface area contributed by atoms with Crippen LogP contribution in [-0.2, 0) is 0 Å².